The van der Waals surface area contributed by atoms with Crippen LogP contribution in [0.1, 0.15) is 38.3 Å². The molecule has 0 heterocycles. The monoisotopic (exact) mass is 220 g/mol. The number of rotatable bonds is 3. The van der Waals surface area contributed by atoms with Crippen molar-refractivity contribution in [3.8, 4) is 0 Å². The molecule has 0 aliphatic rings. The Morgan fingerprint density at radius 3 is 2.38 bits per heavy atom. The molecule has 0 saturated carbocycles. The molecule has 0 fully saturated rings. The average Bonchev–Trinajstić information content (AvgIpc) is 2.17. The van der Waals surface area contributed by atoms with Crippen LogP contribution in [0.2, 0.25) is 0 Å². The van der Waals surface area contributed by atoms with Gasteiger partial charge in [0.15, 0.2) is 0 Å². The molecular formula is C13H20N2O. The van der Waals surface area contributed by atoms with Crippen LogP contribution >= 0.6 is 0 Å². The van der Waals surface area contributed by atoms with Crippen LogP contribution < -0.4 is 11.5 Å². The molecule has 3 heteroatoms. The van der Waals surface area contributed by atoms with E-state index in [2.05, 4.69) is 26.8 Å². The highest BCUT2D eigenvalue weighted by molar-refractivity contribution is 5.70. The van der Waals surface area contributed by atoms with E-state index in [-0.39, 0.29) is 5.41 Å². The molecule has 0 aromatic heterocycles. The molecule has 1 aromatic rings. The number of carbonyl (C=O) groups excluding carboxylic acids is 1. The summed E-state index contributed by atoms with van der Waals surface area (Å²) >= 11 is 0. The van der Waals surface area contributed by atoms with Crippen LogP contribution in [0, 0.1) is 0 Å². The molecule has 0 amide bonds. The van der Waals surface area contributed by atoms with Crippen LogP contribution in [-0.2, 0) is 16.6 Å². The van der Waals surface area contributed by atoms with E-state index < -0.39 is 0 Å². The molecule has 1 aromatic carbocycles. The van der Waals surface area contributed by atoms with Gasteiger partial charge in [0.2, 0.25) is 0 Å². The first-order valence-electron chi connectivity index (χ1n) is 5.48. The van der Waals surface area contributed by atoms with Crippen LogP contribution in [0.15, 0.2) is 12.1 Å². The SMILES string of the molecule is CC(C)(C)c1cc(CCC=O)cc(N)c1N. The van der Waals surface area contributed by atoms with Gasteiger partial charge in [0.1, 0.15) is 6.29 Å². The molecule has 4 N–H and O–H groups in total. The fourth-order valence-corrected chi connectivity index (χ4v) is 1.73. The highest BCUT2D eigenvalue weighted by atomic mass is 16.1. The largest absolute Gasteiger partial charge is 0.397 e. The molecule has 0 bridgehead atoms. The van der Waals surface area contributed by atoms with Crippen LogP contribution in [0.4, 0.5) is 11.4 Å². The Morgan fingerprint density at radius 1 is 1.25 bits per heavy atom. The zero-order valence-electron chi connectivity index (χ0n) is 10.2. The van der Waals surface area contributed by atoms with Gasteiger partial charge in [-0.15, -0.1) is 0 Å². The predicted molar refractivity (Wildman–Crippen MR) is 68.4 cm³/mol. The van der Waals surface area contributed by atoms with E-state index >= 15 is 0 Å². The third-order valence-electron chi connectivity index (χ3n) is 2.63. The second-order valence-electron chi connectivity index (χ2n) is 5.10. The number of nitrogen functional groups attached to an aromatic ring is 2. The minimum absolute atomic E-state index is 0.0323. The maximum absolute atomic E-state index is 10.4. The molecule has 0 unspecified atom stereocenters. The highest BCUT2D eigenvalue weighted by Gasteiger charge is 2.19. The maximum Gasteiger partial charge on any atom is 0.120 e. The number of anilines is 2. The van der Waals surface area contributed by atoms with Gasteiger partial charge < -0.3 is 16.3 Å². The van der Waals surface area contributed by atoms with Crippen molar-refractivity contribution in [1.82, 2.24) is 0 Å². The predicted octanol–water partition coefficient (Wildman–Crippen LogP) is 2.28. The van der Waals surface area contributed by atoms with Crippen molar-refractivity contribution >= 4 is 17.7 Å². The van der Waals surface area contributed by atoms with Crippen molar-refractivity contribution in [3.05, 3.63) is 23.3 Å². The first kappa shape index (κ1) is 12.6. The lowest BCUT2D eigenvalue weighted by atomic mass is 9.84. The number of nitrogens with two attached hydrogens (primary N) is 2. The van der Waals surface area contributed by atoms with Gasteiger partial charge in [0.05, 0.1) is 11.4 Å². The van der Waals surface area contributed by atoms with Crippen molar-refractivity contribution in [2.45, 2.75) is 39.0 Å². The topological polar surface area (TPSA) is 69.1 Å². The molecule has 0 saturated heterocycles. The Kier molecular flexibility index (Phi) is 3.58. The Labute approximate surface area is 96.8 Å². The third kappa shape index (κ3) is 2.75. The van der Waals surface area contributed by atoms with Gasteiger partial charge in [0, 0.05) is 6.42 Å². The minimum Gasteiger partial charge on any atom is -0.397 e. The van der Waals surface area contributed by atoms with E-state index in [9.17, 15) is 4.79 Å². The van der Waals surface area contributed by atoms with Crippen molar-refractivity contribution in [2.24, 2.45) is 0 Å². The number of aldehydes is 1. The molecule has 0 radical (unpaired) electrons. The van der Waals surface area contributed by atoms with E-state index in [0.717, 1.165) is 23.8 Å². The fraction of sp³-hybridized carbons (Fsp3) is 0.462. The second kappa shape index (κ2) is 4.56. The first-order valence-corrected chi connectivity index (χ1v) is 5.48. The van der Waals surface area contributed by atoms with E-state index in [1.54, 1.807) is 0 Å². The van der Waals surface area contributed by atoms with Crippen molar-refractivity contribution in [1.29, 1.82) is 0 Å². The summed E-state index contributed by atoms with van der Waals surface area (Å²) in [4.78, 5) is 10.4. The second-order valence-corrected chi connectivity index (χ2v) is 5.10. The number of aryl methyl sites for hydroxylation is 1. The summed E-state index contributed by atoms with van der Waals surface area (Å²) < 4.78 is 0. The molecule has 1 rings (SSSR count). The summed E-state index contributed by atoms with van der Waals surface area (Å²) in [7, 11) is 0. The van der Waals surface area contributed by atoms with E-state index in [1.165, 1.54) is 0 Å². The summed E-state index contributed by atoms with van der Waals surface area (Å²) in [6.45, 7) is 6.30. The van der Waals surface area contributed by atoms with Gasteiger partial charge in [-0.25, -0.2) is 0 Å². The van der Waals surface area contributed by atoms with E-state index in [4.69, 9.17) is 11.5 Å². The van der Waals surface area contributed by atoms with Gasteiger partial charge in [-0.1, -0.05) is 26.8 Å². The molecule has 0 spiro atoms. The van der Waals surface area contributed by atoms with Gasteiger partial charge in [-0.3, -0.25) is 0 Å². The Bertz CT molecular complexity index is 392. The Balaban J connectivity index is 3.17. The number of hydrogen-bond donors (Lipinski definition) is 2. The van der Waals surface area contributed by atoms with Gasteiger partial charge in [-0.2, -0.15) is 0 Å². The molecular weight excluding hydrogens is 200 g/mol. The molecule has 0 aliphatic heterocycles. The lowest BCUT2D eigenvalue weighted by molar-refractivity contribution is -0.107. The van der Waals surface area contributed by atoms with Gasteiger partial charge >= 0.3 is 0 Å². The summed E-state index contributed by atoms with van der Waals surface area (Å²) in [5.74, 6) is 0. The summed E-state index contributed by atoms with van der Waals surface area (Å²) in [6, 6.07) is 3.91. The summed E-state index contributed by atoms with van der Waals surface area (Å²) in [6.07, 6.45) is 2.16. The van der Waals surface area contributed by atoms with Crippen LogP contribution in [0.25, 0.3) is 0 Å². The number of carbonyl (C=O) groups is 1. The number of benzene rings is 1. The zero-order chi connectivity index (χ0) is 12.3. The molecule has 88 valence electrons. The van der Waals surface area contributed by atoms with E-state index in [1.807, 2.05) is 6.07 Å². The smallest absolute Gasteiger partial charge is 0.120 e. The highest BCUT2D eigenvalue weighted by Crippen LogP contribution is 2.32. The van der Waals surface area contributed by atoms with Crippen molar-refractivity contribution < 1.29 is 4.79 Å². The lowest BCUT2D eigenvalue weighted by Gasteiger charge is -2.23. The van der Waals surface area contributed by atoms with Crippen LogP contribution in [0.3, 0.4) is 0 Å². The Morgan fingerprint density at radius 2 is 1.88 bits per heavy atom. The van der Waals surface area contributed by atoms with Crippen LogP contribution in [0.5, 0.6) is 0 Å². The molecule has 16 heavy (non-hydrogen) atoms. The quantitative estimate of drug-likeness (QED) is 0.606. The van der Waals surface area contributed by atoms with E-state index in [0.29, 0.717) is 17.8 Å². The summed E-state index contributed by atoms with van der Waals surface area (Å²) in [5, 5.41) is 0. The molecule has 3 nitrogen and oxygen atoms in total. The van der Waals surface area contributed by atoms with Gasteiger partial charge in [-0.05, 0) is 29.0 Å². The van der Waals surface area contributed by atoms with Gasteiger partial charge in [0.25, 0.3) is 0 Å². The fourth-order valence-electron chi connectivity index (χ4n) is 1.73. The standard InChI is InChI=1S/C13H20N2O/c1-13(2,3)10-7-9(5-4-6-16)8-11(14)12(10)15/h6-8H,4-5,14-15H2,1-3H3. The zero-order valence-corrected chi connectivity index (χ0v) is 10.2. The van der Waals surface area contributed by atoms with Crippen molar-refractivity contribution in [3.63, 3.8) is 0 Å². The molecule has 0 atom stereocenters. The van der Waals surface area contributed by atoms with Crippen molar-refractivity contribution in [2.75, 3.05) is 11.5 Å². The first-order chi connectivity index (χ1) is 7.36. The average molecular weight is 220 g/mol. The maximum atomic E-state index is 10.4. The van der Waals surface area contributed by atoms with Crippen LogP contribution in [-0.4, -0.2) is 6.29 Å². The minimum atomic E-state index is -0.0323. The Hall–Kier alpha value is -1.51. The molecule has 0 aliphatic carbocycles. The number of hydrogen-bond acceptors (Lipinski definition) is 3. The third-order valence-corrected chi connectivity index (χ3v) is 2.63. The summed E-state index contributed by atoms with van der Waals surface area (Å²) in [5.41, 5.74) is 15.2. The normalized spacial score (nSPS) is 11.4. The lowest BCUT2D eigenvalue weighted by Crippen LogP contribution is -2.16.